The molecule has 0 fully saturated rings. The lowest BCUT2D eigenvalue weighted by Crippen LogP contribution is -2.28. The van der Waals surface area contributed by atoms with Gasteiger partial charge in [-0.25, -0.2) is 10.2 Å². The minimum Gasteiger partial charge on any atom is -0.448 e. The predicted octanol–water partition coefficient (Wildman–Crippen LogP) is 4.13. The van der Waals surface area contributed by atoms with E-state index in [4.69, 9.17) is 17.0 Å². The van der Waals surface area contributed by atoms with Gasteiger partial charge in [0.25, 0.3) is 0 Å². The molecule has 0 bridgehead atoms. The van der Waals surface area contributed by atoms with E-state index in [-0.39, 0.29) is 5.92 Å². The van der Waals surface area contributed by atoms with Gasteiger partial charge < -0.3 is 9.64 Å². The molecule has 0 aromatic heterocycles. The van der Waals surface area contributed by atoms with Crippen molar-refractivity contribution in [2.24, 2.45) is 11.0 Å². The lowest BCUT2D eigenvalue weighted by molar-refractivity contribution is 0.133. The summed E-state index contributed by atoms with van der Waals surface area (Å²) in [5, 5.41) is 4.25. The Labute approximate surface area is 160 Å². The average molecular weight is 382 g/mol. The third kappa shape index (κ3) is 8.36. The van der Waals surface area contributed by atoms with Crippen LogP contribution in [0.5, 0.6) is 0 Å². The van der Waals surface area contributed by atoms with Crippen LogP contribution in [0.15, 0.2) is 35.4 Å². The zero-order valence-electron chi connectivity index (χ0n) is 15.3. The van der Waals surface area contributed by atoms with Gasteiger partial charge in [0, 0.05) is 18.8 Å². The molecule has 1 N–H and O–H groups in total. The number of hydrazone groups is 1. The number of carbonyl (C=O) groups is 1. The molecule has 0 radical (unpaired) electrons. The Morgan fingerprint density at radius 2 is 1.92 bits per heavy atom. The highest BCUT2D eigenvalue weighted by molar-refractivity contribution is 8.23. The quantitative estimate of drug-likeness (QED) is 0.417. The third-order valence-electron chi connectivity index (χ3n) is 3.29. The number of hydrogen-bond donors (Lipinski definition) is 1. The fourth-order valence-electron chi connectivity index (χ4n) is 1.90. The Morgan fingerprint density at radius 1 is 1.28 bits per heavy atom. The van der Waals surface area contributed by atoms with E-state index in [1.54, 1.807) is 11.8 Å². The fourth-order valence-corrected chi connectivity index (χ4v) is 3.27. The van der Waals surface area contributed by atoms with E-state index in [0.717, 1.165) is 28.7 Å². The van der Waals surface area contributed by atoms with Crippen molar-refractivity contribution in [3.63, 3.8) is 0 Å². The van der Waals surface area contributed by atoms with Gasteiger partial charge in [0.1, 0.15) is 4.32 Å². The summed E-state index contributed by atoms with van der Waals surface area (Å²) in [7, 11) is 0. The first-order chi connectivity index (χ1) is 12.0. The second-order valence-corrected chi connectivity index (χ2v) is 7.36. The van der Waals surface area contributed by atoms with Crippen LogP contribution in [0.25, 0.3) is 0 Å². The minimum atomic E-state index is -0.543. The molecule has 0 heterocycles. The van der Waals surface area contributed by atoms with Gasteiger partial charge in [-0.05, 0) is 25.3 Å². The van der Waals surface area contributed by atoms with Crippen LogP contribution in [0.4, 0.5) is 4.79 Å². The van der Waals surface area contributed by atoms with Gasteiger partial charge in [-0.3, -0.25) is 0 Å². The lowest BCUT2D eigenvalue weighted by Gasteiger charge is -2.21. The van der Waals surface area contributed by atoms with Gasteiger partial charge in [0.2, 0.25) is 0 Å². The van der Waals surface area contributed by atoms with E-state index in [9.17, 15) is 4.79 Å². The first-order valence-electron chi connectivity index (χ1n) is 8.44. The van der Waals surface area contributed by atoms with Crippen molar-refractivity contribution in [1.82, 2.24) is 10.3 Å². The summed E-state index contributed by atoms with van der Waals surface area (Å²) in [6.45, 7) is 10.2. The summed E-state index contributed by atoms with van der Waals surface area (Å²) in [6.07, 6.45) is -0.543. The van der Waals surface area contributed by atoms with Gasteiger partial charge >= 0.3 is 6.09 Å². The van der Waals surface area contributed by atoms with Crippen molar-refractivity contribution in [2.45, 2.75) is 27.7 Å². The van der Waals surface area contributed by atoms with Crippen LogP contribution < -0.4 is 5.43 Å². The molecule has 0 atom stereocenters. The molecular weight excluding hydrogens is 354 g/mol. The topological polar surface area (TPSA) is 53.9 Å². The molecule has 1 aromatic rings. The second kappa shape index (κ2) is 11.9. The highest BCUT2D eigenvalue weighted by Gasteiger charge is 2.11. The maximum absolute atomic E-state index is 11.7. The number of thioether (sulfide) groups is 1. The largest absolute Gasteiger partial charge is 0.448 e. The normalized spacial score (nSPS) is 11.3. The fraction of sp³-hybridized carbons (Fsp3) is 0.500. The van der Waals surface area contributed by atoms with E-state index < -0.39 is 6.09 Å². The highest BCUT2D eigenvalue weighted by Crippen LogP contribution is 2.13. The monoisotopic (exact) mass is 381 g/mol. The zero-order chi connectivity index (χ0) is 18.7. The number of hydrogen-bond acceptors (Lipinski definition) is 5. The smallest absolute Gasteiger partial charge is 0.427 e. The zero-order valence-corrected chi connectivity index (χ0v) is 17.0. The maximum Gasteiger partial charge on any atom is 0.427 e. The van der Waals surface area contributed by atoms with Gasteiger partial charge in [0.05, 0.1) is 12.3 Å². The molecule has 0 saturated heterocycles. The number of carbonyl (C=O) groups excluding carboxylic acids is 1. The van der Waals surface area contributed by atoms with Crippen LogP contribution in [0.2, 0.25) is 0 Å². The molecule has 138 valence electrons. The molecular formula is C18H27N3O2S2. The number of rotatable bonds is 8. The van der Waals surface area contributed by atoms with Crippen LogP contribution in [0.1, 0.15) is 33.3 Å². The summed E-state index contributed by atoms with van der Waals surface area (Å²) in [6, 6.07) is 9.74. The van der Waals surface area contributed by atoms with Crippen molar-refractivity contribution in [3.8, 4) is 0 Å². The summed E-state index contributed by atoms with van der Waals surface area (Å²) in [5.74, 6) is 0.856. The van der Waals surface area contributed by atoms with Gasteiger partial charge in [-0.1, -0.05) is 68.2 Å². The lowest BCUT2D eigenvalue weighted by atomic mass is 10.1. The molecule has 1 rings (SSSR count). The highest BCUT2D eigenvalue weighted by atomic mass is 32.2. The van der Waals surface area contributed by atoms with E-state index in [1.165, 1.54) is 0 Å². The molecule has 0 unspecified atom stereocenters. The summed E-state index contributed by atoms with van der Waals surface area (Å²) < 4.78 is 5.92. The van der Waals surface area contributed by atoms with Crippen LogP contribution in [0, 0.1) is 5.92 Å². The number of nitrogens with one attached hydrogen (secondary N) is 1. The summed E-state index contributed by atoms with van der Waals surface area (Å²) in [4.78, 5) is 13.9. The number of benzene rings is 1. The number of amides is 1. The van der Waals surface area contributed by atoms with Crippen molar-refractivity contribution in [1.29, 1.82) is 0 Å². The molecule has 1 aromatic carbocycles. The first-order valence-corrected chi connectivity index (χ1v) is 9.83. The SMILES string of the molecule is CCN(CC)C(=S)SC/C(=N\NC(=O)OCC(C)C)c1ccccc1. The van der Waals surface area contributed by atoms with E-state index in [2.05, 4.69) is 29.3 Å². The van der Waals surface area contributed by atoms with E-state index in [0.29, 0.717) is 12.4 Å². The van der Waals surface area contributed by atoms with Crippen molar-refractivity contribution in [3.05, 3.63) is 35.9 Å². The molecule has 25 heavy (non-hydrogen) atoms. The van der Waals surface area contributed by atoms with Crippen LogP contribution in [-0.2, 0) is 4.74 Å². The van der Waals surface area contributed by atoms with Crippen molar-refractivity contribution >= 4 is 40.1 Å². The Morgan fingerprint density at radius 3 is 2.48 bits per heavy atom. The van der Waals surface area contributed by atoms with Crippen molar-refractivity contribution < 1.29 is 9.53 Å². The average Bonchev–Trinajstić information content (AvgIpc) is 2.61. The Bertz CT molecular complexity index is 573. The number of ether oxygens (including phenoxy) is 1. The molecule has 5 nitrogen and oxygen atoms in total. The van der Waals surface area contributed by atoms with Gasteiger partial charge in [-0.15, -0.1) is 0 Å². The van der Waals surface area contributed by atoms with Crippen molar-refractivity contribution in [2.75, 3.05) is 25.4 Å². The number of thiocarbonyl (C=S) groups is 1. The molecule has 0 spiro atoms. The summed E-state index contributed by atoms with van der Waals surface area (Å²) in [5.41, 5.74) is 4.17. The van der Waals surface area contributed by atoms with Crippen LogP contribution in [0.3, 0.4) is 0 Å². The molecule has 0 aliphatic carbocycles. The van der Waals surface area contributed by atoms with E-state index >= 15 is 0 Å². The van der Waals surface area contributed by atoms with Crippen LogP contribution in [-0.4, -0.2) is 46.5 Å². The van der Waals surface area contributed by atoms with E-state index in [1.807, 2.05) is 44.2 Å². The summed E-state index contributed by atoms with van der Waals surface area (Å²) >= 11 is 7.01. The third-order valence-corrected chi connectivity index (χ3v) is 4.83. The standard InChI is InChI=1S/C18H27N3O2S2/c1-5-21(6-2)18(24)25-13-16(15-10-8-7-9-11-15)19-20-17(22)23-12-14(3)4/h7-11,14H,5-6,12-13H2,1-4H3,(H,20,22)/b19-16+. The molecule has 7 heteroatoms. The van der Waals surface area contributed by atoms with Gasteiger partial charge in [-0.2, -0.15) is 5.10 Å². The Hall–Kier alpha value is -1.60. The number of nitrogens with zero attached hydrogens (tertiary/aromatic N) is 2. The van der Waals surface area contributed by atoms with Gasteiger partial charge in [0.15, 0.2) is 0 Å². The van der Waals surface area contributed by atoms with Crippen LogP contribution >= 0.6 is 24.0 Å². The molecule has 0 aliphatic rings. The second-order valence-electron chi connectivity index (χ2n) is 5.76. The first kappa shape index (κ1) is 21.4. The Kier molecular flexibility index (Phi) is 10.2. The molecule has 0 saturated carbocycles. The molecule has 0 aliphatic heterocycles. The molecule has 1 amide bonds. The predicted molar refractivity (Wildman–Crippen MR) is 110 cm³/mol. The minimum absolute atomic E-state index is 0.283. The Balaban J connectivity index is 2.75. The maximum atomic E-state index is 11.7.